The van der Waals surface area contributed by atoms with Crippen LogP contribution < -0.4 is 0 Å². The Kier molecular flexibility index (Phi) is 11.5. The summed E-state index contributed by atoms with van der Waals surface area (Å²) in [6.45, 7) is 0. The zero-order valence-corrected chi connectivity index (χ0v) is 34.4. The molecule has 15 heteroatoms. The summed E-state index contributed by atoms with van der Waals surface area (Å²) in [4.78, 5) is 51.3. The van der Waals surface area contributed by atoms with Crippen molar-refractivity contribution in [1.29, 1.82) is 0 Å². The van der Waals surface area contributed by atoms with Crippen molar-refractivity contribution < 1.29 is 29.7 Å². The Balaban J connectivity index is 1.28. The predicted molar refractivity (Wildman–Crippen MR) is 237 cm³/mol. The van der Waals surface area contributed by atoms with Gasteiger partial charge in [-0.2, -0.15) is 0 Å². The Labute approximate surface area is 358 Å². The van der Waals surface area contributed by atoms with E-state index in [9.17, 15) is 29.7 Å². The van der Waals surface area contributed by atoms with Gasteiger partial charge in [-0.3, -0.25) is 0 Å². The minimum absolute atomic E-state index is 0.0244. The molecule has 7 aromatic rings. The molecule has 0 aliphatic rings. The largest absolute Gasteiger partial charge is 0.478 e. The first-order valence-electron chi connectivity index (χ1n) is 16.6. The van der Waals surface area contributed by atoms with Gasteiger partial charge in [-0.1, -0.05) is 72.8 Å². The third-order valence-corrected chi connectivity index (χ3v) is 11.1. The third kappa shape index (κ3) is 8.30. The first-order chi connectivity index (χ1) is 27.2. The smallest absolute Gasteiger partial charge is 0.337 e. The Hall–Kier alpha value is -5.16. The molecule has 3 N–H and O–H groups in total. The summed E-state index contributed by atoms with van der Waals surface area (Å²) in [5.41, 5.74) is 6.77. The van der Waals surface area contributed by atoms with Crippen LogP contribution in [0.4, 0.5) is 0 Å². The van der Waals surface area contributed by atoms with Gasteiger partial charge in [0.15, 0.2) is 17.5 Å². The van der Waals surface area contributed by atoms with Crippen molar-refractivity contribution in [2.45, 2.75) is 29.4 Å². The van der Waals surface area contributed by atoms with E-state index in [2.05, 4.69) is 75.8 Å². The highest BCUT2D eigenvalue weighted by Gasteiger charge is 2.18. The van der Waals surface area contributed by atoms with Gasteiger partial charge in [-0.15, -0.1) is 75.8 Å². The molecule has 0 amide bonds. The monoisotopic (exact) mass is 861 g/mol. The number of carbonyl (C=O) groups is 3. The van der Waals surface area contributed by atoms with E-state index < -0.39 is 17.9 Å². The van der Waals surface area contributed by atoms with Gasteiger partial charge in [0.1, 0.15) is 0 Å². The molecule has 9 nitrogen and oxygen atoms in total. The lowest BCUT2D eigenvalue weighted by molar-refractivity contribution is 0.0678. The molecular formula is C42H27N3O6S6. The summed E-state index contributed by atoms with van der Waals surface area (Å²) in [7, 11) is 0. The molecule has 57 heavy (non-hydrogen) atoms. The molecule has 1 heterocycles. The fraction of sp³-hybridized carbons (Fsp3) is 0. The Morgan fingerprint density at radius 3 is 0.667 bits per heavy atom. The number of hydrogen-bond acceptors (Lipinski definition) is 12. The summed E-state index contributed by atoms with van der Waals surface area (Å²) >= 11 is 26.3. The molecule has 0 saturated heterocycles. The van der Waals surface area contributed by atoms with Crippen molar-refractivity contribution >= 4 is 93.7 Å². The lowest BCUT2D eigenvalue weighted by atomic mass is 10.0. The van der Waals surface area contributed by atoms with Gasteiger partial charge in [-0.25, -0.2) is 29.3 Å². The summed E-state index contributed by atoms with van der Waals surface area (Å²) < 4.78 is 0. The van der Waals surface area contributed by atoms with Crippen molar-refractivity contribution in [2.24, 2.45) is 0 Å². The van der Waals surface area contributed by atoms with E-state index in [1.54, 1.807) is 36.4 Å². The fourth-order valence-electron chi connectivity index (χ4n) is 6.19. The van der Waals surface area contributed by atoms with Crippen LogP contribution in [-0.4, -0.2) is 48.2 Å². The molecule has 0 aliphatic heterocycles. The number of benzene rings is 6. The van der Waals surface area contributed by atoms with Gasteiger partial charge in [0, 0.05) is 46.1 Å². The van der Waals surface area contributed by atoms with Crippen molar-refractivity contribution in [2.75, 3.05) is 0 Å². The second-order valence-corrected chi connectivity index (χ2v) is 15.5. The number of rotatable bonds is 9. The predicted octanol–water partition coefficient (Wildman–Crippen LogP) is 10.7. The van der Waals surface area contributed by atoms with E-state index in [-0.39, 0.29) is 16.7 Å². The minimum Gasteiger partial charge on any atom is -0.478 e. The van der Waals surface area contributed by atoms with E-state index in [1.807, 2.05) is 72.8 Å². The van der Waals surface area contributed by atoms with Crippen LogP contribution >= 0.6 is 75.8 Å². The number of nitrogens with zero attached hydrogens (tertiary/aromatic N) is 3. The fourth-order valence-corrected chi connectivity index (χ4v) is 8.59. The lowest BCUT2D eigenvalue weighted by Crippen LogP contribution is -2.01. The molecule has 0 fully saturated rings. The van der Waals surface area contributed by atoms with Crippen molar-refractivity contribution in [3.8, 4) is 67.5 Å². The highest BCUT2D eigenvalue weighted by Crippen LogP contribution is 2.35. The van der Waals surface area contributed by atoms with Crippen molar-refractivity contribution in [1.82, 2.24) is 15.0 Å². The summed E-state index contributed by atoms with van der Waals surface area (Å²) in [5, 5.41) is 28.6. The van der Waals surface area contributed by atoms with Gasteiger partial charge >= 0.3 is 17.9 Å². The molecule has 0 spiro atoms. The summed E-state index contributed by atoms with van der Waals surface area (Å²) in [5.74, 6) is -2.15. The van der Waals surface area contributed by atoms with E-state index in [0.717, 1.165) is 33.4 Å². The molecule has 0 bridgehead atoms. The maximum absolute atomic E-state index is 11.7. The van der Waals surface area contributed by atoms with Gasteiger partial charge in [0.2, 0.25) is 0 Å². The number of aromatic carboxylic acids is 3. The quantitative estimate of drug-likeness (QED) is 0.0646. The van der Waals surface area contributed by atoms with Gasteiger partial charge in [0.25, 0.3) is 0 Å². The Morgan fingerprint density at radius 2 is 0.491 bits per heavy atom. The number of carboxylic acid groups (broad SMARTS) is 3. The number of hydrogen-bond donors (Lipinski definition) is 9. The highest BCUT2D eigenvalue weighted by molar-refractivity contribution is 7.82. The van der Waals surface area contributed by atoms with E-state index in [0.29, 0.717) is 63.5 Å². The van der Waals surface area contributed by atoms with E-state index in [4.69, 9.17) is 15.0 Å². The molecule has 0 saturated carbocycles. The van der Waals surface area contributed by atoms with Crippen LogP contribution in [0.15, 0.2) is 139 Å². The molecule has 1 aromatic heterocycles. The van der Waals surface area contributed by atoms with Crippen LogP contribution in [0.2, 0.25) is 0 Å². The maximum atomic E-state index is 11.7. The molecule has 7 rings (SSSR count). The molecule has 6 aromatic carbocycles. The van der Waals surface area contributed by atoms with Crippen LogP contribution in [0.1, 0.15) is 31.1 Å². The van der Waals surface area contributed by atoms with Crippen molar-refractivity contribution in [3.05, 3.63) is 126 Å². The average molecular weight is 862 g/mol. The van der Waals surface area contributed by atoms with E-state index >= 15 is 0 Å². The lowest BCUT2D eigenvalue weighted by Gasteiger charge is -2.12. The molecule has 0 unspecified atom stereocenters. The maximum Gasteiger partial charge on any atom is 0.337 e. The van der Waals surface area contributed by atoms with Gasteiger partial charge in [0.05, 0.1) is 16.7 Å². The number of carboxylic acids is 3. The van der Waals surface area contributed by atoms with Crippen LogP contribution in [0.3, 0.4) is 0 Å². The Bertz CT molecular complexity index is 2400. The van der Waals surface area contributed by atoms with Crippen LogP contribution in [0.25, 0.3) is 67.5 Å². The highest BCUT2D eigenvalue weighted by atomic mass is 32.1. The second-order valence-electron chi connectivity index (χ2n) is 12.6. The standard InChI is InChI=1S/C42H27N3O6S6/c46-40(47)34-28(52)13-25(14-29(34)53)19-1-7-22(8-2-19)37-43-38(23-9-3-20(4-10-23)26-15-30(54)35(41(48)49)31(55)16-26)45-39(44-37)24-11-5-21(6-12-24)27-17-32(56)36(42(50)51)33(57)18-27/h1-18,52-57H,(H,46,47)(H,48,49)(H,50,51). The van der Waals surface area contributed by atoms with E-state index in [1.165, 1.54) is 0 Å². The number of aromatic nitrogens is 3. The second kappa shape index (κ2) is 16.4. The van der Waals surface area contributed by atoms with Crippen LogP contribution in [0.5, 0.6) is 0 Å². The summed E-state index contributed by atoms with van der Waals surface area (Å²) in [6, 6.07) is 32.5. The van der Waals surface area contributed by atoms with Crippen LogP contribution in [-0.2, 0) is 0 Å². The topological polar surface area (TPSA) is 151 Å². The van der Waals surface area contributed by atoms with Gasteiger partial charge in [-0.05, 0) is 69.8 Å². The molecule has 282 valence electrons. The first kappa shape index (κ1) is 40.1. The molecule has 0 radical (unpaired) electrons. The SMILES string of the molecule is O=C(O)c1c(S)cc(-c2ccc(-c3nc(-c4ccc(-c5cc(S)c(C(=O)O)c(S)c5)cc4)nc(-c4ccc(-c5cc(S)c(C(=O)O)c(S)c5)cc4)n3)cc2)cc1S. The number of thiol groups is 6. The Morgan fingerprint density at radius 1 is 0.316 bits per heavy atom. The minimum atomic E-state index is -1.11. The van der Waals surface area contributed by atoms with Gasteiger partial charge < -0.3 is 15.3 Å². The average Bonchev–Trinajstić information content (AvgIpc) is 3.16. The zero-order valence-electron chi connectivity index (χ0n) is 29.0. The molecule has 0 aliphatic carbocycles. The zero-order chi connectivity index (χ0) is 40.7. The normalized spacial score (nSPS) is 11.1. The molecular weight excluding hydrogens is 835 g/mol. The van der Waals surface area contributed by atoms with Crippen LogP contribution in [0, 0.1) is 0 Å². The molecule has 0 atom stereocenters. The summed E-state index contributed by atoms with van der Waals surface area (Å²) in [6.07, 6.45) is 0. The van der Waals surface area contributed by atoms with Crippen molar-refractivity contribution in [3.63, 3.8) is 0 Å². The first-order valence-corrected chi connectivity index (χ1v) is 19.3. The third-order valence-electron chi connectivity index (χ3n) is 9.00.